The monoisotopic (exact) mass is 822 g/mol. The molecule has 0 spiro atoms. The summed E-state index contributed by atoms with van der Waals surface area (Å²) in [5, 5.41) is 6.78. The van der Waals surface area contributed by atoms with Gasteiger partial charge in [0.2, 0.25) is 0 Å². The summed E-state index contributed by atoms with van der Waals surface area (Å²) >= 11 is 1.81. The quantitative estimate of drug-likeness (QED) is 0.168. The minimum absolute atomic E-state index is 0.580. The van der Waals surface area contributed by atoms with Crippen molar-refractivity contribution >= 4 is 75.3 Å². The second-order valence-corrected chi connectivity index (χ2v) is 17.0. The maximum Gasteiger partial charge on any atom is 0.164 e. The summed E-state index contributed by atoms with van der Waals surface area (Å²) in [5.74, 6) is 1.79. The van der Waals surface area contributed by atoms with E-state index in [1.807, 2.05) is 29.5 Å². The van der Waals surface area contributed by atoms with Crippen LogP contribution in [0.25, 0.3) is 126 Å². The van der Waals surface area contributed by atoms with Gasteiger partial charge in [-0.05, 0) is 76.9 Å². The summed E-state index contributed by atoms with van der Waals surface area (Å²) in [6.45, 7) is 0. The average molecular weight is 823 g/mol. The minimum Gasteiger partial charge on any atom is -0.454 e. The van der Waals surface area contributed by atoms with Crippen molar-refractivity contribution in [3.8, 4) is 62.1 Å². The first kappa shape index (κ1) is 35.6. The Morgan fingerprint density at radius 3 is 1.73 bits per heavy atom. The largest absolute Gasteiger partial charge is 0.454 e. The Bertz CT molecular complexity index is 3870. The van der Waals surface area contributed by atoms with Gasteiger partial charge < -0.3 is 8.98 Å². The lowest BCUT2D eigenvalue weighted by molar-refractivity contribution is 0.666. The fourth-order valence-corrected chi connectivity index (χ4v) is 10.5. The lowest BCUT2D eigenvalue weighted by Gasteiger charge is -2.11. The van der Waals surface area contributed by atoms with Crippen molar-refractivity contribution in [3.05, 3.63) is 206 Å². The van der Waals surface area contributed by atoms with Gasteiger partial charge in [-0.2, -0.15) is 0 Å². The number of hydrogen-bond donors (Lipinski definition) is 0. The van der Waals surface area contributed by atoms with Gasteiger partial charge in [-0.15, -0.1) is 11.3 Å². The van der Waals surface area contributed by atoms with E-state index in [9.17, 15) is 0 Å². The van der Waals surface area contributed by atoms with E-state index in [1.54, 1.807) is 0 Å². The van der Waals surface area contributed by atoms with Crippen LogP contribution in [0.3, 0.4) is 0 Å². The van der Waals surface area contributed by atoms with Gasteiger partial charge in [0.25, 0.3) is 0 Å². The number of aromatic nitrogens is 4. The zero-order valence-electron chi connectivity index (χ0n) is 33.7. The van der Waals surface area contributed by atoms with Gasteiger partial charge in [-0.3, -0.25) is 0 Å². The van der Waals surface area contributed by atoms with Gasteiger partial charge in [0.1, 0.15) is 5.58 Å². The third-order valence-electron chi connectivity index (χ3n) is 12.3. The Labute approximate surface area is 365 Å². The maximum atomic E-state index is 6.90. The standard InChI is InChI=1S/C57H34N4OS/c1-3-15-35(16-4-1)37-19-11-20-38(33-37)55-58-56(39-31-32-50-45(34-39)53-40(23-14-30-51(53)63-50)36-17-5-2-6-18-36)60-57(59-55)44-25-13-29-49-52(44)43-24-12-28-48(54(43)62-49)61-46-26-9-7-21-41(46)42-22-8-10-27-47(42)61/h1-34H. The molecule has 9 aromatic carbocycles. The highest BCUT2D eigenvalue weighted by molar-refractivity contribution is 7.26. The van der Waals surface area contributed by atoms with Crippen molar-refractivity contribution in [1.29, 1.82) is 0 Å². The number of para-hydroxylation sites is 3. The third-order valence-corrected chi connectivity index (χ3v) is 13.4. The molecule has 4 heterocycles. The zero-order valence-corrected chi connectivity index (χ0v) is 34.6. The van der Waals surface area contributed by atoms with E-state index in [0.29, 0.717) is 17.5 Å². The second-order valence-electron chi connectivity index (χ2n) is 15.9. The molecule has 0 bridgehead atoms. The SMILES string of the molecule is c1ccc(-c2cccc(-c3nc(-c4ccc5sc6cccc(-c7ccccc7)c6c5c4)nc(-c4cccc5oc6c(-n7c8ccccc8c8ccccc87)cccc6c45)n3)c2)cc1. The first-order valence-electron chi connectivity index (χ1n) is 21.1. The van der Waals surface area contributed by atoms with Crippen LogP contribution in [0.5, 0.6) is 0 Å². The summed E-state index contributed by atoms with van der Waals surface area (Å²) in [6.07, 6.45) is 0. The van der Waals surface area contributed by atoms with Crippen LogP contribution in [-0.2, 0) is 0 Å². The molecule has 5 nitrogen and oxygen atoms in total. The predicted octanol–water partition coefficient (Wildman–Crippen LogP) is 15.6. The van der Waals surface area contributed by atoms with E-state index >= 15 is 0 Å². The van der Waals surface area contributed by atoms with Crippen molar-refractivity contribution < 1.29 is 4.42 Å². The highest BCUT2D eigenvalue weighted by Crippen LogP contribution is 2.43. The molecule has 0 aliphatic carbocycles. The van der Waals surface area contributed by atoms with Crippen molar-refractivity contribution in [2.24, 2.45) is 0 Å². The summed E-state index contributed by atoms with van der Waals surface area (Å²) in [6, 6.07) is 72.5. The Morgan fingerprint density at radius 2 is 0.952 bits per heavy atom. The van der Waals surface area contributed by atoms with E-state index in [-0.39, 0.29) is 0 Å². The Kier molecular flexibility index (Phi) is 8.01. The fourth-order valence-electron chi connectivity index (χ4n) is 9.42. The minimum atomic E-state index is 0.580. The number of nitrogens with zero attached hydrogens (tertiary/aromatic N) is 4. The van der Waals surface area contributed by atoms with Crippen LogP contribution in [0.4, 0.5) is 0 Å². The van der Waals surface area contributed by atoms with Crippen LogP contribution in [0.2, 0.25) is 0 Å². The van der Waals surface area contributed by atoms with E-state index in [0.717, 1.165) is 66.5 Å². The molecular weight excluding hydrogens is 789 g/mol. The highest BCUT2D eigenvalue weighted by Gasteiger charge is 2.22. The van der Waals surface area contributed by atoms with Crippen LogP contribution in [0.15, 0.2) is 211 Å². The van der Waals surface area contributed by atoms with Crippen LogP contribution in [0.1, 0.15) is 0 Å². The molecule has 63 heavy (non-hydrogen) atoms. The molecule has 0 saturated heterocycles. The Balaban J connectivity index is 1.04. The van der Waals surface area contributed by atoms with Crippen LogP contribution in [0, 0.1) is 0 Å². The van der Waals surface area contributed by atoms with Crippen molar-refractivity contribution in [2.75, 3.05) is 0 Å². The normalized spacial score (nSPS) is 11.8. The lowest BCUT2D eigenvalue weighted by atomic mass is 9.99. The van der Waals surface area contributed by atoms with E-state index in [4.69, 9.17) is 19.4 Å². The molecule has 6 heteroatoms. The van der Waals surface area contributed by atoms with Crippen LogP contribution >= 0.6 is 11.3 Å². The third kappa shape index (κ3) is 5.73. The number of furan rings is 1. The van der Waals surface area contributed by atoms with Crippen molar-refractivity contribution in [2.45, 2.75) is 0 Å². The number of hydrogen-bond acceptors (Lipinski definition) is 5. The lowest BCUT2D eigenvalue weighted by Crippen LogP contribution is -2.00. The average Bonchev–Trinajstić information content (AvgIpc) is 4.04. The Hall–Kier alpha value is -8.19. The zero-order chi connectivity index (χ0) is 41.4. The molecule has 0 aliphatic heterocycles. The first-order valence-corrected chi connectivity index (χ1v) is 21.9. The molecule has 0 unspecified atom stereocenters. The summed E-state index contributed by atoms with van der Waals surface area (Å²) in [5.41, 5.74) is 12.2. The molecule has 0 fully saturated rings. The molecule has 13 aromatic rings. The number of rotatable bonds is 6. The summed E-state index contributed by atoms with van der Waals surface area (Å²) in [4.78, 5) is 15.9. The summed E-state index contributed by atoms with van der Waals surface area (Å²) < 4.78 is 11.7. The Morgan fingerprint density at radius 1 is 0.365 bits per heavy atom. The molecule has 4 aromatic heterocycles. The molecule has 0 radical (unpaired) electrons. The van der Waals surface area contributed by atoms with Crippen LogP contribution in [-0.4, -0.2) is 19.5 Å². The number of thiophene rings is 1. The second kappa shape index (κ2) is 14.2. The van der Waals surface area contributed by atoms with Gasteiger partial charge in [-0.1, -0.05) is 152 Å². The van der Waals surface area contributed by atoms with Gasteiger partial charge in [0.15, 0.2) is 23.1 Å². The molecular formula is C57H34N4OS. The van der Waals surface area contributed by atoms with Gasteiger partial charge in [0.05, 0.1) is 16.7 Å². The first-order chi connectivity index (χ1) is 31.2. The van der Waals surface area contributed by atoms with Gasteiger partial charge in [0, 0.05) is 58.4 Å². The number of benzene rings is 9. The number of fused-ring (bicyclic) bond motifs is 9. The van der Waals surface area contributed by atoms with Gasteiger partial charge in [-0.25, -0.2) is 15.0 Å². The molecule has 0 amide bonds. The van der Waals surface area contributed by atoms with E-state index in [1.165, 1.54) is 42.1 Å². The van der Waals surface area contributed by atoms with Crippen LogP contribution < -0.4 is 0 Å². The fraction of sp³-hybridized carbons (Fsp3) is 0. The smallest absolute Gasteiger partial charge is 0.164 e. The van der Waals surface area contributed by atoms with E-state index < -0.39 is 0 Å². The molecule has 0 atom stereocenters. The molecule has 0 saturated carbocycles. The molecule has 13 rings (SSSR count). The molecule has 0 N–H and O–H groups in total. The maximum absolute atomic E-state index is 6.90. The highest BCUT2D eigenvalue weighted by atomic mass is 32.1. The molecule has 294 valence electrons. The summed E-state index contributed by atoms with van der Waals surface area (Å²) in [7, 11) is 0. The van der Waals surface area contributed by atoms with Crippen molar-refractivity contribution in [3.63, 3.8) is 0 Å². The predicted molar refractivity (Wildman–Crippen MR) is 262 cm³/mol. The van der Waals surface area contributed by atoms with Gasteiger partial charge >= 0.3 is 0 Å². The van der Waals surface area contributed by atoms with Crippen molar-refractivity contribution in [1.82, 2.24) is 19.5 Å². The molecule has 0 aliphatic rings. The van der Waals surface area contributed by atoms with E-state index in [2.05, 4.69) is 193 Å². The topological polar surface area (TPSA) is 56.7 Å².